The van der Waals surface area contributed by atoms with Crippen LogP contribution in [0.4, 0.5) is 0 Å². The van der Waals surface area contributed by atoms with Crippen molar-refractivity contribution in [2.75, 3.05) is 0 Å². The molecule has 0 radical (unpaired) electrons. The Balaban J connectivity index is 2.83. The van der Waals surface area contributed by atoms with E-state index < -0.39 is 0 Å². The van der Waals surface area contributed by atoms with Crippen LogP contribution >= 0.6 is 0 Å². The molecule has 0 aliphatic carbocycles. The number of aliphatic hydroxyl groups is 1. The molecule has 0 aliphatic heterocycles. The van der Waals surface area contributed by atoms with E-state index in [-0.39, 0.29) is 6.61 Å². The molecule has 70 valence electrons. The lowest BCUT2D eigenvalue weighted by atomic mass is 10.0. The van der Waals surface area contributed by atoms with E-state index in [1.54, 1.807) is 6.07 Å². The summed E-state index contributed by atoms with van der Waals surface area (Å²) < 4.78 is 0. The maximum atomic E-state index is 10.9. The molecule has 0 amide bonds. The Morgan fingerprint density at radius 1 is 1.14 bits per heavy atom. The van der Waals surface area contributed by atoms with Crippen molar-refractivity contribution in [2.45, 2.75) is 6.61 Å². The Kier molecular flexibility index (Phi) is 2.29. The Hall–Kier alpha value is -1.67. The summed E-state index contributed by atoms with van der Waals surface area (Å²) in [5.74, 6) is 0. The minimum absolute atomic E-state index is 0.0983. The van der Waals surface area contributed by atoms with Gasteiger partial charge < -0.3 is 5.11 Å². The van der Waals surface area contributed by atoms with E-state index in [0.717, 1.165) is 17.1 Å². The maximum Gasteiger partial charge on any atom is 0.151 e. The maximum absolute atomic E-state index is 10.9. The van der Waals surface area contributed by atoms with Crippen molar-refractivity contribution in [1.82, 2.24) is 0 Å². The predicted molar refractivity (Wildman–Crippen MR) is 55.3 cm³/mol. The van der Waals surface area contributed by atoms with Gasteiger partial charge in [0.25, 0.3) is 0 Å². The Bertz CT molecular complexity index is 475. The molecular formula is C12H10O2. The van der Waals surface area contributed by atoms with Crippen LogP contribution < -0.4 is 0 Å². The largest absolute Gasteiger partial charge is 0.392 e. The van der Waals surface area contributed by atoms with Gasteiger partial charge in [0.2, 0.25) is 0 Å². The minimum Gasteiger partial charge on any atom is -0.392 e. The number of carbonyl (C=O) groups is 1. The van der Waals surface area contributed by atoms with Crippen LogP contribution in [0.25, 0.3) is 10.8 Å². The third kappa shape index (κ3) is 1.30. The summed E-state index contributed by atoms with van der Waals surface area (Å²) in [5.41, 5.74) is 1.27. The van der Waals surface area contributed by atoms with E-state index in [9.17, 15) is 4.79 Å². The normalized spacial score (nSPS) is 10.4. The van der Waals surface area contributed by atoms with Crippen molar-refractivity contribution < 1.29 is 9.90 Å². The molecular weight excluding hydrogens is 176 g/mol. The van der Waals surface area contributed by atoms with Gasteiger partial charge in [-0.05, 0) is 16.3 Å². The second-order valence-corrected chi connectivity index (χ2v) is 3.14. The van der Waals surface area contributed by atoms with Gasteiger partial charge >= 0.3 is 0 Å². The van der Waals surface area contributed by atoms with Crippen molar-refractivity contribution in [3.8, 4) is 0 Å². The molecule has 0 aromatic heterocycles. The molecule has 0 saturated carbocycles. The second-order valence-electron chi connectivity index (χ2n) is 3.14. The molecule has 2 aromatic carbocycles. The van der Waals surface area contributed by atoms with Crippen molar-refractivity contribution in [3.63, 3.8) is 0 Å². The smallest absolute Gasteiger partial charge is 0.151 e. The summed E-state index contributed by atoms with van der Waals surface area (Å²) in [5, 5.41) is 11.0. The highest BCUT2D eigenvalue weighted by Gasteiger charge is 2.04. The van der Waals surface area contributed by atoms with E-state index in [4.69, 9.17) is 5.11 Å². The zero-order valence-corrected chi connectivity index (χ0v) is 7.60. The van der Waals surface area contributed by atoms with Gasteiger partial charge in [-0.2, -0.15) is 0 Å². The molecule has 0 heterocycles. The molecule has 0 atom stereocenters. The van der Waals surface area contributed by atoms with Crippen LogP contribution in [-0.2, 0) is 6.61 Å². The predicted octanol–water partition coefficient (Wildman–Crippen LogP) is 2.14. The molecule has 2 aromatic rings. The number of aldehydes is 1. The number of hydrogen-bond donors (Lipinski definition) is 1. The van der Waals surface area contributed by atoms with Crippen molar-refractivity contribution >= 4 is 17.1 Å². The summed E-state index contributed by atoms with van der Waals surface area (Å²) in [4.78, 5) is 10.9. The molecule has 0 unspecified atom stereocenters. The van der Waals surface area contributed by atoms with Crippen LogP contribution in [-0.4, -0.2) is 11.4 Å². The first-order valence-corrected chi connectivity index (χ1v) is 4.43. The first-order chi connectivity index (χ1) is 6.86. The van der Waals surface area contributed by atoms with Crippen LogP contribution in [0.15, 0.2) is 36.4 Å². The van der Waals surface area contributed by atoms with E-state index >= 15 is 0 Å². The van der Waals surface area contributed by atoms with Crippen LogP contribution in [0.1, 0.15) is 15.9 Å². The summed E-state index contributed by atoms with van der Waals surface area (Å²) in [6, 6.07) is 11.3. The van der Waals surface area contributed by atoms with Crippen molar-refractivity contribution in [1.29, 1.82) is 0 Å². The molecule has 0 saturated heterocycles. The van der Waals surface area contributed by atoms with Gasteiger partial charge in [-0.25, -0.2) is 0 Å². The highest BCUT2D eigenvalue weighted by Crippen LogP contribution is 2.20. The first-order valence-electron chi connectivity index (χ1n) is 4.43. The number of hydrogen-bond acceptors (Lipinski definition) is 2. The average molecular weight is 186 g/mol. The molecule has 0 bridgehead atoms. The molecule has 2 nitrogen and oxygen atoms in total. The molecule has 0 aliphatic rings. The Labute approximate surface area is 81.8 Å². The van der Waals surface area contributed by atoms with Gasteiger partial charge in [0.15, 0.2) is 6.29 Å². The number of rotatable bonds is 2. The SMILES string of the molecule is O=Cc1c(CO)ccc2ccccc12. The van der Waals surface area contributed by atoms with Crippen molar-refractivity contribution in [2.24, 2.45) is 0 Å². The molecule has 14 heavy (non-hydrogen) atoms. The number of fused-ring (bicyclic) bond motifs is 1. The third-order valence-electron chi connectivity index (χ3n) is 2.35. The monoisotopic (exact) mass is 186 g/mol. The summed E-state index contributed by atoms with van der Waals surface area (Å²) in [7, 11) is 0. The Morgan fingerprint density at radius 3 is 2.64 bits per heavy atom. The van der Waals surface area contributed by atoms with Gasteiger partial charge in [0.1, 0.15) is 0 Å². The quantitative estimate of drug-likeness (QED) is 0.729. The Morgan fingerprint density at radius 2 is 1.93 bits per heavy atom. The average Bonchev–Trinajstić information content (AvgIpc) is 2.27. The number of aliphatic hydroxyl groups excluding tert-OH is 1. The lowest BCUT2D eigenvalue weighted by Crippen LogP contribution is -1.93. The van der Waals surface area contributed by atoms with E-state index in [0.29, 0.717) is 11.1 Å². The first kappa shape index (κ1) is 8.91. The van der Waals surface area contributed by atoms with Crippen LogP contribution in [0, 0.1) is 0 Å². The zero-order chi connectivity index (χ0) is 9.97. The summed E-state index contributed by atoms with van der Waals surface area (Å²) in [6.45, 7) is -0.0983. The second kappa shape index (κ2) is 3.60. The van der Waals surface area contributed by atoms with E-state index in [1.165, 1.54) is 0 Å². The topological polar surface area (TPSA) is 37.3 Å². The van der Waals surface area contributed by atoms with Gasteiger partial charge in [0.05, 0.1) is 6.61 Å². The fourth-order valence-corrected chi connectivity index (χ4v) is 1.62. The summed E-state index contributed by atoms with van der Waals surface area (Å²) >= 11 is 0. The van der Waals surface area contributed by atoms with E-state index in [1.807, 2.05) is 30.3 Å². The minimum atomic E-state index is -0.0983. The molecule has 2 rings (SSSR count). The van der Waals surface area contributed by atoms with Gasteiger partial charge in [-0.1, -0.05) is 36.4 Å². The highest BCUT2D eigenvalue weighted by molar-refractivity contribution is 5.99. The number of benzene rings is 2. The van der Waals surface area contributed by atoms with Crippen LogP contribution in [0.5, 0.6) is 0 Å². The molecule has 1 N–H and O–H groups in total. The molecule has 2 heteroatoms. The van der Waals surface area contributed by atoms with E-state index in [2.05, 4.69) is 0 Å². The standard InChI is InChI=1S/C12H10O2/c13-7-10-6-5-9-3-1-2-4-11(9)12(10)8-14/h1-6,8,13H,7H2. The lowest BCUT2D eigenvalue weighted by molar-refractivity contribution is 0.112. The number of carbonyl (C=O) groups excluding carboxylic acids is 1. The molecule has 0 fully saturated rings. The lowest BCUT2D eigenvalue weighted by Gasteiger charge is -2.05. The van der Waals surface area contributed by atoms with Gasteiger partial charge in [-0.3, -0.25) is 4.79 Å². The summed E-state index contributed by atoms with van der Waals surface area (Å²) in [6.07, 6.45) is 0.799. The highest BCUT2D eigenvalue weighted by atomic mass is 16.3. The zero-order valence-electron chi connectivity index (χ0n) is 7.60. The fraction of sp³-hybridized carbons (Fsp3) is 0.0833. The van der Waals surface area contributed by atoms with Gasteiger partial charge in [-0.15, -0.1) is 0 Å². The fourth-order valence-electron chi connectivity index (χ4n) is 1.62. The van der Waals surface area contributed by atoms with Crippen molar-refractivity contribution in [3.05, 3.63) is 47.5 Å². The third-order valence-corrected chi connectivity index (χ3v) is 2.35. The molecule has 0 spiro atoms. The van der Waals surface area contributed by atoms with Crippen LogP contribution in [0.3, 0.4) is 0 Å². The van der Waals surface area contributed by atoms with Gasteiger partial charge in [0, 0.05) is 5.56 Å². The van der Waals surface area contributed by atoms with Crippen LogP contribution in [0.2, 0.25) is 0 Å².